The highest BCUT2D eigenvalue weighted by molar-refractivity contribution is 6.22. The fourth-order valence-corrected chi connectivity index (χ4v) is 6.96. The highest BCUT2D eigenvalue weighted by atomic mass is 14.4. The predicted molar refractivity (Wildman–Crippen MR) is 216 cm³/mol. The molecule has 0 saturated heterocycles. The van der Waals surface area contributed by atoms with Crippen molar-refractivity contribution in [2.45, 2.75) is 0 Å². The molecule has 0 spiro atoms. The van der Waals surface area contributed by atoms with E-state index in [1.807, 2.05) is 72.8 Å². The molecule has 9 rings (SSSR count). The van der Waals surface area contributed by atoms with E-state index in [9.17, 15) is 0 Å². The quantitative estimate of drug-likeness (QED) is 0.143. The van der Waals surface area contributed by atoms with Crippen LogP contribution in [0.2, 0.25) is 0 Å². The van der Waals surface area contributed by atoms with Crippen LogP contribution in [0, 0.1) is 47.4 Å². The van der Waals surface area contributed by atoms with Crippen molar-refractivity contribution in [3.8, 4) is 69.6 Å². The molecule has 0 aliphatic heterocycles. The van der Waals surface area contributed by atoms with E-state index in [2.05, 4.69) is 144 Å². The van der Waals surface area contributed by atoms with E-state index in [1.54, 1.807) is 0 Å². The lowest BCUT2D eigenvalue weighted by atomic mass is 9.68. The van der Waals surface area contributed by atoms with E-state index < -0.39 is 0 Å². The standard InChI is InChI=1S/C52H28/c1-5-17-37(18-6-1)29-33-45-41-25-13-14-26-42(41)46(34-30-38-19-7-2-8-20-38)50-49(45)51-47(35-31-39-21-9-3-10-22-39)43-27-15-16-28-44(43)48(52(50)51)36-32-40-23-11-4-12-24-40/h1-28H. The van der Waals surface area contributed by atoms with Gasteiger partial charge in [0.15, 0.2) is 0 Å². The lowest BCUT2D eigenvalue weighted by molar-refractivity contribution is 1.49. The van der Waals surface area contributed by atoms with Crippen molar-refractivity contribution < 1.29 is 0 Å². The first-order valence-corrected chi connectivity index (χ1v) is 17.3. The Bertz CT molecular complexity index is 2500. The molecule has 0 heterocycles. The first-order chi connectivity index (χ1) is 25.8. The Kier molecular flexibility index (Phi) is 7.90. The smallest absolute Gasteiger partial charge is 0.0413 e. The molecule has 0 nitrogen and oxygen atoms in total. The van der Waals surface area contributed by atoms with E-state index in [0.29, 0.717) is 0 Å². The van der Waals surface area contributed by atoms with Gasteiger partial charge in [-0.1, -0.05) is 169 Å². The molecule has 0 N–H and O–H groups in total. The van der Waals surface area contributed by atoms with Crippen molar-refractivity contribution in [3.05, 3.63) is 214 Å². The molecule has 8 aromatic carbocycles. The highest BCUT2D eigenvalue weighted by Gasteiger charge is 2.36. The summed E-state index contributed by atoms with van der Waals surface area (Å²) in [5.41, 5.74) is 12.1. The van der Waals surface area contributed by atoms with Gasteiger partial charge in [-0.2, -0.15) is 0 Å². The van der Waals surface area contributed by atoms with Crippen molar-refractivity contribution in [3.63, 3.8) is 0 Å². The van der Waals surface area contributed by atoms with E-state index in [-0.39, 0.29) is 0 Å². The number of benzene rings is 8. The molecule has 52 heavy (non-hydrogen) atoms. The number of hydrogen-bond donors (Lipinski definition) is 0. The molecule has 0 atom stereocenters. The molecule has 1 aliphatic rings. The molecule has 0 fully saturated rings. The van der Waals surface area contributed by atoms with E-state index in [0.717, 1.165) is 88.3 Å². The third kappa shape index (κ3) is 5.59. The summed E-state index contributed by atoms with van der Waals surface area (Å²) in [4.78, 5) is 0. The topological polar surface area (TPSA) is 0 Å². The van der Waals surface area contributed by atoms with Gasteiger partial charge >= 0.3 is 0 Å². The van der Waals surface area contributed by atoms with E-state index in [4.69, 9.17) is 0 Å². The molecule has 0 bridgehead atoms. The van der Waals surface area contributed by atoms with Gasteiger partial charge in [0.1, 0.15) is 0 Å². The summed E-state index contributed by atoms with van der Waals surface area (Å²) < 4.78 is 0. The van der Waals surface area contributed by atoms with E-state index >= 15 is 0 Å². The molecule has 0 saturated carbocycles. The molecule has 236 valence electrons. The highest BCUT2D eigenvalue weighted by Crippen LogP contribution is 2.58. The van der Waals surface area contributed by atoms with Crippen molar-refractivity contribution in [1.82, 2.24) is 0 Å². The third-order valence-electron chi connectivity index (χ3n) is 9.35. The van der Waals surface area contributed by atoms with Crippen LogP contribution in [0.25, 0.3) is 43.8 Å². The fraction of sp³-hybridized carbons (Fsp3) is 0. The van der Waals surface area contributed by atoms with Crippen molar-refractivity contribution in [1.29, 1.82) is 0 Å². The van der Waals surface area contributed by atoms with Gasteiger partial charge in [-0.3, -0.25) is 0 Å². The van der Waals surface area contributed by atoms with Gasteiger partial charge in [-0.05, 0) is 70.1 Å². The lowest BCUT2D eigenvalue weighted by Gasteiger charge is -2.32. The third-order valence-corrected chi connectivity index (χ3v) is 9.35. The molecular weight excluding hydrogens is 625 g/mol. The lowest BCUT2D eigenvalue weighted by Crippen LogP contribution is -2.11. The van der Waals surface area contributed by atoms with Crippen molar-refractivity contribution in [2.75, 3.05) is 0 Å². The minimum atomic E-state index is 0.963. The SMILES string of the molecule is C(#Cc1c2c(c(C#Cc3ccccc3)c3ccccc13)-c1c-2c(C#Cc2ccccc2)c2ccccc2c1C#Cc1ccccc1)c1ccccc1. The Balaban J connectivity index is 1.43. The minimum Gasteiger partial charge on any atom is -0.0622 e. The van der Waals surface area contributed by atoms with Gasteiger partial charge in [0.2, 0.25) is 0 Å². The van der Waals surface area contributed by atoms with Gasteiger partial charge in [0.05, 0.1) is 0 Å². The molecule has 0 radical (unpaired) electrons. The first-order valence-electron chi connectivity index (χ1n) is 17.3. The van der Waals surface area contributed by atoms with Crippen LogP contribution in [-0.2, 0) is 0 Å². The number of fused-ring (bicyclic) bond motifs is 6. The van der Waals surface area contributed by atoms with Crippen LogP contribution in [0.4, 0.5) is 0 Å². The van der Waals surface area contributed by atoms with Gasteiger partial charge in [-0.15, -0.1) is 0 Å². The summed E-state index contributed by atoms with van der Waals surface area (Å²) in [6.07, 6.45) is 0. The maximum atomic E-state index is 3.65. The summed E-state index contributed by atoms with van der Waals surface area (Å²) in [6, 6.07) is 57.7. The molecule has 0 heteroatoms. The van der Waals surface area contributed by atoms with Crippen LogP contribution in [0.5, 0.6) is 0 Å². The van der Waals surface area contributed by atoms with Crippen LogP contribution in [0.1, 0.15) is 44.5 Å². The second-order valence-corrected chi connectivity index (χ2v) is 12.6. The largest absolute Gasteiger partial charge is 0.0622 e. The molecule has 0 unspecified atom stereocenters. The molecule has 8 aromatic rings. The Labute approximate surface area is 304 Å². The van der Waals surface area contributed by atoms with Crippen molar-refractivity contribution in [2.24, 2.45) is 0 Å². The summed E-state index contributed by atoms with van der Waals surface area (Å²) in [7, 11) is 0. The Hall–Kier alpha value is -7.48. The first kappa shape index (κ1) is 30.6. The normalized spacial score (nSPS) is 10.5. The van der Waals surface area contributed by atoms with Gasteiger partial charge in [-0.25, -0.2) is 0 Å². The second-order valence-electron chi connectivity index (χ2n) is 12.6. The van der Waals surface area contributed by atoms with Gasteiger partial charge < -0.3 is 0 Å². The zero-order valence-electron chi connectivity index (χ0n) is 28.2. The van der Waals surface area contributed by atoms with Crippen LogP contribution in [-0.4, -0.2) is 0 Å². The van der Waals surface area contributed by atoms with Gasteiger partial charge in [0, 0.05) is 66.8 Å². The zero-order chi connectivity index (χ0) is 34.7. The molecular formula is C52H28. The molecule has 0 amide bonds. The van der Waals surface area contributed by atoms with Gasteiger partial charge in [0.25, 0.3) is 0 Å². The number of rotatable bonds is 0. The Morgan fingerprint density at radius 1 is 0.192 bits per heavy atom. The maximum Gasteiger partial charge on any atom is 0.0413 e. The summed E-state index contributed by atoms with van der Waals surface area (Å²) >= 11 is 0. The predicted octanol–water partition coefficient (Wildman–Crippen LogP) is 11.2. The fourth-order valence-electron chi connectivity index (χ4n) is 6.96. The monoisotopic (exact) mass is 652 g/mol. The Morgan fingerprint density at radius 3 is 0.596 bits per heavy atom. The number of hydrogen-bond acceptors (Lipinski definition) is 0. The molecule has 0 aromatic heterocycles. The maximum absolute atomic E-state index is 3.65. The minimum absolute atomic E-state index is 0.963. The summed E-state index contributed by atoms with van der Waals surface area (Å²) in [5, 5.41) is 4.28. The van der Waals surface area contributed by atoms with Crippen LogP contribution >= 0.6 is 0 Å². The average Bonchev–Trinajstić information content (AvgIpc) is 3.21. The second kappa shape index (κ2) is 13.4. The van der Waals surface area contributed by atoms with Crippen LogP contribution < -0.4 is 0 Å². The molecule has 1 aliphatic carbocycles. The Morgan fingerprint density at radius 2 is 0.385 bits per heavy atom. The summed E-state index contributed by atoms with van der Waals surface area (Å²) in [6.45, 7) is 0. The van der Waals surface area contributed by atoms with Crippen molar-refractivity contribution >= 4 is 21.5 Å². The zero-order valence-corrected chi connectivity index (χ0v) is 28.2. The van der Waals surface area contributed by atoms with Crippen LogP contribution in [0.15, 0.2) is 170 Å². The summed E-state index contributed by atoms with van der Waals surface area (Å²) in [5.74, 6) is 28.6. The van der Waals surface area contributed by atoms with E-state index in [1.165, 1.54) is 0 Å². The average molecular weight is 653 g/mol. The van der Waals surface area contributed by atoms with Crippen LogP contribution in [0.3, 0.4) is 0 Å².